The van der Waals surface area contributed by atoms with E-state index in [2.05, 4.69) is 4.74 Å². The molecule has 3 nitrogen and oxygen atoms in total. The Balaban J connectivity index is 3.47. The zero-order valence-corrected chi connectivity index (χ0v) is 5.64. The average molecular weight is 143 g/mol. The Bertz CT molecular complexity index is 159. The Morgan fingerprint density at radius 1 is 1.89 bits per heavy atom. The number of carbonyl (C=O) groups excluding carboxylic acids is 1. The van der Waals surface area contributed by atoms with Crippen molar-refractivity contribution in [3.8, 4) is 5.40 Å². The molecular weight excluding hydrogens is 138 g/mol. The van der Waals surface area contributed by atoms with Crippen LogP contribution in [0.5, 0.6) is 0 Å². The number of methoxy groups -OCH3 is 1. The minimum absolute atomic E-state index is 0.447. The van der Waals surface area contributed by atoms with Crippen molar-refractivity contribution in [1.29, 1.82) is 5.26 Å². The highest BCUT2D eigenvalue weighted by Crippen LogP contribution is 1.96. The van der Waals surface area contributed by atoms with Gasteiger partial charge in [-0.2, -0.15) is 5.26 Å². The van der Waals surface area contributed by atoms with E-state index in [0.29, 0.717) is 0 Å². The van der Waals surface area contributed by atoms with Crippen molar-refractivity contribution < 1.29 is 9.53 Å². The summed E-state index contributed by atoms with van der Waals surface area (Å²) in [6.45, 7) is 0. The lowest BCUT2D eigenvalue weighted by molar-refractivity contribution is -0.134. The molecule has 0 N–H and O–H groups in total. The van der Waals surface area contributed by atoms with E-state index in [4.69, 9.17) is 5.26 Å². The highest BCUT2D eigenvalue weighted by atomic mass is 32.2. The molecule has 0 aliphatic rings. The standard InChI is InChI=1S/C5H5NO2S/c1-8-5(7)2-3-9-4-6/h2-3H,1H3/b3-2-. The Kier molecular flexibility index (Phi) is 4.64. The van der Waals surface area contributed by atoms with E-state index in [9.17, 15) is 4.79 Å². The molecule has 0 atom stereocenters. The second-order valence-electron chi connectivity index (χ2n) is 1.04. The highest BCUT2D eigenvalue weighted by molar-refractivity contribution is 8.06. The number of nitrogens with zero attached hydrogens (tertiary/aromatic N) is 1. The zero-order chi connectivity index (χ0) is 7.11. The minimum Gasteiger partial charge on any atom is -0.466 e. The Morgan fingerprint density at radius 3 is 3.00 bits per heavy atom. The zero-order valence-electron chi connectivity index (χ0n) is 4.83. The Morgan fingerprint density at radius 2 is 2.56 bits per heavy atom. The van der Waals surface area contributed by atoms with Crippen LogP contribution in [-0.4, -0.2) is 13.1 Å². The summed E-state index contributed by atoms with van der Waals surface area (Å²) in [5.74, 6) is -0.447. The van der Waals surface area contributed by atoms with Gasteiger partial charge in [-0.05, 0) is 17.2 Å². The maximum absolute atomic E-state index is 10.3. The fourth-order valence-corrected chi connectivity index (χ4v) is 0.428. The summed E-state index contributed by atoms with van der Waals surface area (Å²) in [7, 11) is 1.28. The van der Waals surface area contributed by atoms with E-state index in [1.807, 2.05) is 0 Å². The predicted octanol–water partition coefficient (Wildman–Crippen LogP) is 0.887. The molecular formula is C5H5NO2S. The summed E-state index contributed by atoms with van der Waals surface area (Å²) in [5, 5.41) is 11.1. The van der Waals surface area contributed by atoms with Crippen molar-refractivity contribution >= 4 is 17.7 Å². The molecule has 0 aromatic rings. The van der Waals surface area contributed by atoms with Crippen LogP contribution in [0.1, 0.15) is 0 Å². The highest BCUT2D eigenvalue weighted by Gasteiger charge is 1.87. The Hall–Kier alpha value is -0.950. The molecule has 0 unspecified atom stereocenters. The first kappa shape index (κ1) is 8.05. The fourth-order valence-electron chi connectivity index (χ4n) is 0.188. The monoisotopic (exact) mass is 143 g/mol. The number of thioether (sulfide) groups is 1. The van der Waals surface area contributed by atoms with Gasteiger partial charge in [0.1, 0.15) is 5.40 Å². The van der Waals surface area contributed by atoms with Gasteiger partial charge in [0.25, 0.3) is 0 Å². The van der Waals surface area contributed by atoms with Gasteiger partial charge in [-0.15, -0.1) is 0 Å². The molecule has 0 fully saturated rings. The van der Waals surface area contributed by atoms with Crippen molar-refractivity contribution in [2.45, 2.75) is 0 Å². The summed E-state index contributed by atoms with van der Waals surface area (Å²) < 4.78 is 4.25. The van der Waals surface area contributed by atoms with Crippen LogP contribution in [0.2, 0.25) is 0 Å². The van der Waals surface area contributed by atoms with E-state index < -0.39 is 5.97 Å². The van der Waals surface area contributed by atoms with Gasteiger partial charge >= 0.3 is 5.97 Å². The van der Waals surface area contributed by atoms with Crippen LogP contribution in [0.15, 0.2) is 11.5 Å². The van der Waals surface area contributed by atoms with Gasteiger partial charge in [0.15, 0.2) is 0 Å². The van der Waals surface area contributed by atoms with E-state index >= 15 is 0 Å². The van der Waals surface area contributed by atoms with Crippen molar-refractivity contribution in [1.82, 2.24) is 0 Å². The maximum Gasteiger partial charge on any atom is 0.331 e. The van der Waals surface area contributed by atoms with Crippen LogP contribution in [0.3, 0.4) is 0 Å². The molecule has 4 heteroatoms. The van der Waals surface area contributed by atoms with E-state index in [1.54, 1.807) is 5.40 Å². The van der Waals surface area contributed by atoms with Crippen LogP contribution in [0.25, 0.3) is 0 Å². The van der Waals surface area contributed by atoms with E-state index in [-0.39, 0.29) is 0 Å². The quantitative estimate of drug-likeness (QED) is 0.327. The first-order chi connectivity index (χ1) is 4.31. The van der Waals surface area contributed by atoms with Crippen LogP contribution in [0, 0.1) is 10.7 Å². The van der Waals surface area contributed by atoms with Crippen LogP contribution < -0.4 is 0 Å². The van der Waals surface area contributed by atoms with Crippen LogP contribution in [0.4, 0.5) is 0 Å². The lowest BCUT2D eigenvalue weighted by Gasteiger charge is -1.85. The normalized spacial score (nSPS) is 8.89. The van der Waals surface area contributed by atoms with Gasteiger partial charge in [-0.25, -0.2) is 4.79 Å². The molecule has 0 heterocycles. The third-order valence-electron chi connectivity index (χ3n) is 0.526. The number of hydrogen-bond donors (Lipinski definition) is 0. The third-order valence-corrected chi connectivity index (χ3v) is 0.904. The fraction of sp³-hybridized carbons (Fsp3) is 0.200. The molecule has 0 saturated carbocycles. The van der Waals surface area contributed by atoms with Crippen molar-refractivity contribution in [3.63, 3.8) is 0 Å². The SMILES string of the molecule is COC(=O)/C=C\SC#N. The summed E-state index contributed by atoms with van der Waals surface area (Å²) in [5.41, 5.74) is 0. The van der Waals surface area contributed by atoms with Gasteiger partial charge < -0.3 is 4.74 Å². The van der Waals surface area contributed by atoms with Crippen molar-refractivity contribution in [2.75, 3.05) is 7.11 Å². The number of rotatable bonds is 2. The summed E-state index contributed by atoms with van der Waals surface area (Å²) in [6.07, 6.45) is 1.19. The molecule has 0 aromatic heterocycles. The van der Waals surface area contributed by atoms with Gasteiger partial charge in [0.2, 0.25) is 0 Å². The minimum atomic E-state index is -0.447. The van der Waals surface area contributed by atoms with Crippen LogP contribution >= 0.6 is 11.8 Å². The lowest BCUT2D eigenvalue weighted by atomic mass is 10.7. The second kappa shape index (κ2) is 5.19. The largest absolute Gasteiger partial charge is 0.466 e. The lowest BCUT2D eigenvalue weighted by Crippen LogP contribution is -1.92. The molecule has 0 amide bonds. The molecule has 0 radical (unpaired) electrons. The number of esters is 1. The van der Waals surface area contributed by atoms with Gasteiger partial charge in [-0.3, -0.25) is 0 Å². The molecule has 0 aromatic carbocycles. The summed E-state index contributed by atoms with van der Waals surface area (Å²) >= 11 is 0.876. The first-order valence-electron chi connectivity index (χ1n) is 2.10. The number of ether oxygens (including phenoxy) is 1. The molecule has 0 saturated heterocycles. The molecule has 0 rings (SSSR count). The molecule has 0 aliphatic carbocycles. The van der Waals surface area contributed by atoms with E-state index in [1.165, 1.54) is 18.6 Å². The topological polar surface area (TPSA) is 50.1 Å². The molecule has 9 heavy (non-hydrogen) atoms. The molecule has 0 bridgehead atoms. The van der Waals surface area contributed by atoms with Gasteiger partial charge in [-0.1, -0.05) is 0 Å². The predicted molar refractivity (Wildman–Crippen MR) is 34.4 cm³/mol. The van der Waals surface area contributed by atoms with Crippen molar-refractivity contribution in [2.24, 2.45) is 0 Å². The van der Waals surface area contributed by atoms with Crippen molar-refractivity contribution in [3.05, 3.63) is 11.5 Å². The number of carbonyl (C=O) groups is 1. The maximum atomic E-state index is 10.3. The molecule has 0 spiro atoms. The third kappa shape index (κ3) is 4.91. The first-order valence-corrected chi connectivity index (χ1v) is 2.98. The number of hydrogen-bond acceptors (Lipinski definition) is 4. The smallest absolute Gasteiger partial charge is 0.331 e. The molecule has 48 valence electrons. The average Bonchev–Trinajstić information content (AvgIpc) is 1.89. The summed E-state index contributed by atoms with van der Waals surface area (Å²) in [4.78, 5) is 10.3. The summed E-state index contributed by atoms with van der Waals surface area (Å²) in [6, 6.07) is 0. The van der Waals surface area contributed by atoms with Crippen LogP contribution in [-0.2, 0) is 9.53 Å². The van der Waals surface area contributed by atoms with Gasteiger partial charge in [0.05, 0.1) is 7.11 Å². The Labute approximate surface area is 57.3 Å². The number of nitriles is 1. The van der Waals surface area contributed by atoms with Gasteiger partial charge in [0, 0.05) is 6.08 Å². The number of thiocyanates is 1. The molecule has 0 aliphatic heterocycles. The second-order valence-corrected chi connectivity index (χ2v) is 1.73. The van der Waals surface area contributed by atoms with E-state index in [0.717, 1.165) is 11.8 Å².